The minimum Gasteiger partial charge on any atom is -0.511 e. The minimum absolute atomic E-state index is 0.0464. The Labute approximate surface area is 248 Å². The summed E-state index contributed by atoms with van der Waals surface area (Å²) in [6.45, 7) is 4.33. The number of rotatable bonds is 5. The molecule has 6 rings (SSSR count). The SMILES string of the molecule is CN1CCN(Cc2ccc(-c3cc(N(C)C)c4c(c3O)C(=O)C3=C(O)[C@]5(O)C(=O)C(C(N)=O)=C(O)C[C@@H]5C[C@@H]3C4)o2)CC1. The van der Waals surface area contributed by atoms with E-state index in [9.17, 15) is 34.8 Å². The number of hydrogen-bond acceptors (Lipinski definition) is 11. The molecule has 1 aliphatic heterocycles. The summed E-state index contributed by atoms with van der Waals surface area (Å²) < 4.78 is 6.15. The maximum atomic E-state index is 14.1. The number of phenols is 1. The Bertz CT molecular complexity index is 1610. The number of aliphatic hydroxyl groups is 3. The average molecular weight is 593 g/mol. The molecule has 1 aromatic carbocycles. The van der Waals surface area contributed by atoms with Crippen molar-refractivity contribution in [2.24, 2.45) is 17.6 Å². The quantitative estimate of drug-likeness (QED) is 0.319. The third-order valence-electron chi connectivity index (χ3n) is 9.42. The summed E-state index contributed by atoms with van der Waals surface area (Å²) in [7, 11) is 5.72. The van der Waals surface area contributed by atoms with E-state index >= 15 is 0 Å². The van der Waals surface area contributed by atoms with Crippen molar-refractivity contribution in [3.05, 3.63) is 57.8 Å². The van der Waals surface area contributed by atoms with Crippen molar-refractivity contribution in [2.75, 3.05) is 52.2 Å². The molecule has 0 saturated carbocycles. The van der Waals surface area contributed by atoms with E-state index in [4.69, 9.17) is 10.2 Å². The fourth-order valence-electron chi connectivity index (χ4n) is 7.09. The van der Waals surface area contributed by atoms with Crippen molar-refractivity contribution in [1.29, 1.82) is 0 Å². The molecule has 3 aliphatic carbocycles. The maximum absolute atomic E-state index is 14.1. The van der Waals surface area contributed by atoms with Gasteiger partial charge in [0.2, 0.25) is 5.78 Å². The minimum atomic E-state index is -2.60. The Morgan fingerprint density at radius 2 is 1.81 bits per heavy atom. The molecule has 6 N–H and O–H groups in total. The first-order chi connectivity index (χ1) is 20.3. The van der Waals surface area contributed by atoms with Crippen LogP contribution in [-0.2, 0) is 22.6 Å². The summed E-state index contributed by atoms with van der Waals surface area (Å²) in [6, 6.07) is 5.36. The van der Waals surface area contributed by atoms with Gasteiger partial charge in [-0.1, -0.05) is 0 Å². The van der Waals surface area contributed by atoms with Gasteiger partial charge in [0.1, 0.15) is 34.4 Å². The number of fused-ring (bicyclic) bond motifs is 3. The van der Waals surface area contributed by atoms with Gasteiger partial charge < -0.3 is 40.4 Å². The first-order valence-electron chi connectivity index (χ1n) is 14.4. The summed E-state index contributed by atoms with van der Waals surface area (Å²) >= 11 is 0. The standard InChI is InChI=1S/C31H36N4O8/c1-33(2)20-13-19(22-5-4-17(43-22)14-35-8-6-34(3)7-9-35)26(37)24-18(20)11-15-10-16-12-21(36)25(30(32)41)29(40)31(16,42)28(39)23(15)27(24)38/h4-5,13,15-16,36-37,39,42H,6-12,14H2,1-3H3,(H2,32,41)/t15-,16+,31+/m1/s1. The number of anilines is 1. The molecular weight excluding hydrogens is 556 g/mol. The number of piperazine rings is 1. The zero-order chi connectivity index (χ0) is 31.0. The molecule has 0 radical (unpaired) electrons. The summed E-state index contributed by atoms with van der Waals surface area (Å²) in [5.41, 5.74) is 3.18. The van der Waals surface area contributed by atoms with E-state index in [1.54, 1.807) is 12.1 Å². The number of benzene rings is 1. The van der Waals surface area contributed by atoms with E-state index in [0.717, 1.165) is 26.2 Å². The second kappa shape index (κ2) is 10.2. The van der Waals surface area contributed by atoms with Crippen molar-refractivity contribution in [3.8, 4) is 17.1 Å². The van der Waals surface area contributed by atoms with Crippen LogP contribution in [0.5, 0.6) is 5.75 Å². The van der Waals surface area contributed by atoms with E-state index in [1.807, 2.05) is 25.1 Å². The number of aliphatic hydroxyl groups excluding tert-OH is 2. The number of phenolic OH excluding ortho intramolecular Hbond substituents is 1. The fourth-order valence-corrected chi connectivity index (χ4v) is 7.09. The molecule has 0 spiro atoms. The number of hydrogen-bond donors (Lipinski definition) is 5. The second-order valence-corrected chi connectivity index (χ2v) is 12.3. The van der Waals surface area contributed by atoms with Crippen molar-refractivity contribution in [1.82, 2.24) is 9.80 Å². The highest BCUT2D eigenvalue weighted by atomic mass is 16.4. The topological polar surface area (TPSA) is 181 Å². The van der Waals surface area contributed by atoms with Crippen molar-refractivity contribution in [3.63, 3.8) is 0 Å². The Kier molecular flexibility index (Phi) is 6.90. The van der Waals surface area contributed by atoms with E-state index in [-0.39, 0.29) is 36.1 Å². The van der Waals surface area contributed by atoms with Gasteiger partial charge in [-0.15, -0.1) is 0 Å². The molecule has 43 heavy (non-hydrogen) atoms. The number of nitrogens with two attached hydrogens (primary N) is 1. The Hall–Kier alpha value is -4.13. The fraction of sp³-hybridized carbons (Fsp3) is 0.452. The van der Waals surface area contributed by atoms with Gasteiger partial charge in [-0.3, -0.25) is 19.3 Å². The highest BCUT2D eigenvalue weighted by Gasteiger charge is 2.59. The van der Waals surface area contributed by atoms with Gasteiger partial charge in [-0.25, -0.2) is 0 Å². The van der Waals surface area contributed by atoms with Crippen LogP contribution in [0.25, 0.3) is 11.3 Å². The van der Waals surface area contributed by atoms with E-state index in [2.05, 4.69) is 16.8 Å². The number of carbonyl (C=O) groups is 3. The van der Waals surface area contributed by atoms with Gasteiger partial charge >= 0.3 is 0 Å². The van der Waals surface area contributed by atoms with Crippen LogP contribution >= 0.6 is 0 Å². The Morgan fingerprint density at radius 3 is 2.47 bits per heavy atom. The molecule has 3 atom stereocenters. The van der Waals surface area contributed by atoms with Crippen LogP contribution in [-0.4, -0.2) is 101 Å². The number of aromatic hydroxyl groups is 1. The summed E-state index contributed by atoms with van der Waals surface area (Å²) in [6.07, 6.45) is 0.0315. The van der Waals surface area contributed by atoms with Gasteiger partial charge in [-0.05, 0) is 49.6 Å². The third kappa shape index (κ3) is 4.43. The zero-order valence-electron chi connectivity index (χ0n) is 24.4. The van der Waals surface area contributed by atoms with Crippen LogP contribution in [0.3, 0.4) is 0 Å². The number of Topliss-reactive ketones (excluding diaryl/α,β-unsaturated/α-hetero) is 2. The molecule has 4 aliphatic rings. The van der Waals surface area contributed by atoms with E-state index < -0.39 is 52.0 Å². The van der Waals surface area contributed by atoms with Gasteiger partial charge in [0.05, 0.1) is 17.7 Å². The highest BCUT2D eigenvalue weighted by molar-refractivity contribution is 6.24. The highest BCUT2D eigenvalue weighted by Crippen LogP contribution is 2.53. The van der Waals surface area contributed by atoms with Crippen LogP contribution < -0.4 is 10.6 Å². The van der Waals surface area contributed by atoms with Gasteiger partial charge in [0.25, 0.3) is 5.91 Å². The lowest BCUT2D eigenvalue weighted by atomic mass is 9.60. The number of likely N-dealkylation sites (N-methyl/N-ethyl adjacent to an activating group) is 1. The summed E-state index contributed by atoms with van der Waals surface area (Å²) in [5, 5.41) is 44.8. The lowest BCUT2D eigenvalue weighted by molar-refractivity contribution is -0.144. The van der Waals surface area contributed by atoms with Crippen molar-refractivity contribution < 1.29 is 39.2 Å². The molecule has 2 aromatic rings. The third-order valence-corrected chi connectivity index (χ3v) is 9.42. The molecule has 12 heteroatoms. The van der Waals surface area contributed by atoms with Crippen LogP contribution in [0.4, 0.5) is 5.69 Å². The number of amides is 1. The lowest BCUT2D eigenvalue weighted by Crippen LogP contribution is -2.57. The van der Waals surface area contributed by atoms with Gasteiger partial charge in [0.15, 0.2) is 11.4 Å². The second-order valence-electron chi connectivity index (χ2n) is 12.3. The molecule has 0 unspecified atom stereocenters. The summed E-state index contributed by atoms with van der Waals surface area (Å²) in [5.74, 6) is -5.46. The summed E-state index contributed by atoms with van der Waals surface area (Å²) in [4.78, 5) is 45.6. The van der Waals surface area contributed by atoms with Gasteiger partial charge in [0, 0.05) is 63.9 Å². The Morgan fingerprint density at radius 1 is 1.12 bits per heavy atom. The predicted molar refractivity (Wildman–Crippen MR) is 156 cm³/mol. The monoisotopic (exact) mass is 592 g/mol. The van der Waals surface area contributed by atoms with Crippen LogP contribution in [0.15, 0.2) is 45.3 Å². The molecule has 1 amide bonds. The molecule has 12 nitrogen and oxygen atoms in total. The van der Waals surface area contributed by atoms with Crippen LogP contribution in [0.2, 0.25) is 0 Å². The molecule has 2 heterocycles. The Balaban J connectivity index is 1.42. The molecule has 0 bridgehead atoms. The number of allylic oxidation sites excluding steroid dienone is 2. The largest absolute Gasteiger partial charge is 0.511 e. The molecule has 228 valence electrons. The smallest absolute Gasteiger partial charge is 0.255 e. The first-order valence-corrected chi connectivity index (χ1v) is 14.4. The van der Waals surface area contributed by atoms with E-state index in [0.29, 0.717) is 34.9 Å². The number of primary amides is 1. The van der Waals surface area contributed by atoms with Crippen LogP contribution in [0, 0.1) is 11.8 Å². The number of furan rings is 1. The normalized spacial score (nSPS) is 26.3. The van der Waals surface area contributed by atoms with Gasteiger partial charge in [-0.2, -0.15) is 0 Å². The molecule has 1 aromatic heterocycles. The van der Waals surface area contributed by atoms with E-state index in [1.165, 1.54) is 0 Å². The van der Waals surface area contributed by atoms with Crippen molar-refractivity contribution in [2.45, 2.75) is 31.4 Å². The number of nitrogens with zero attached hydrogens (tertiary/aromatic N) is 3. The zero-order valence-corrected chi connectivity index (χ0v) is 24.4. The van der Waals surface area contributed by atoms with Crippen LogP contribution in [0.1, 0.15) is 34.5 Å². The lowest BCUT2D eigenvalue weighted by Gasteiger charge is -2.45. The molecule has 1 saturated heterocycles. The molecule has 1 fully saturated rings. The maximum Gasteiger partial charge on any atom is 0.255 e. The number of carbonyl (C=O) groups excluding carboxylic acids is 3. The predicted octanol–water partition coefficient (Wildman–Crippen LogP) is 1.65. The average Bonchev–Trinajstić information content (AvgIpc) is 3.39. The molecular formula is C31H36N4O8. The van der Waals surface area contributed by atoms with Crippen molar-refractivity contribution >= 4 is 23.2 Å². The first kappa shape index (κ1) is 29.0. The number of ketones is 2.